The minimum Gasteiger partial charge on any atom is -0.460 e. The van der Waals surface area contributed by atoms with Crippen molar-refractivity contribution in [2.24, 2.45) is 5.41 Å². The SMILES string of the molecule is CC.CC.CC.CC.Cc1cc(C(C)Nc2ccc(Cl)nc2-c2cc(Cl)c(B3OCC(C)(C)CO3)c(C=O)c2)c2oc(C(C)C)c(C)c(=O)c2c1. The Morgan fingerprint density at radius 2 is 1.49 bits per heavy atom. The lowest BCUT2D eigenvalue weighted by Crippen LogP contribution is -2.49. The molecule has 1 N–H and O–H groups in total. The lowest BCUT2D eigenvalue weighted by atomic mass is 9.73. The van der Waals surface area contributed by atoms with Gasteiger partial charge in [-0.25, -0.2) is 4.98 Å². The van der Waals surface area contributed by atoms with E-state index in [1.807, 2.05) is 122 Å². The maximum atomic E-state index is 13.3. The molecule has 10 heteroatoms. The molecule has 4 aromatic rings. The summed E-state index contributed by atoms with van der Waals surface area (Å²) in [5.74, 6) is 0.728. The summed E-state index contributed by atoms with van der Waals surface area (Å²) in [4.78, 5) is 30.2. The van der Waals surface area contributed by atoms with Gasteiger partial charge in [0.05, 0.1) is 22.8 Å². The molecule has 0 spiro atoms. The van der Waals surface area contributed by atoms with Gasteiger partial charge < -0.3 is 19.0 Å². The van der Waals surface area contributed by atoms with E-state index >= 15 is 0 Å². The molecule has 0 saturated carbocycles. The number of nitrogens with zero attached hydrogens (tertiary/aromatic N) is 1. The number of aldehydes is 1. The van der Waals surface area contributed by atoms with Crippen LogP contribution in [-0.2, 0) is 9.31 Å². The number of hydrogen-bond acceptors (Lipinski definition) is 7. The van der Waals surface area contributed by atoms with Gasteiger partial charge in [0, 0.05) is 57.3 Å². The number of anilines is 1. The predicted molar refractivity (Wildman–Crippen MR) is 220 cm³/mol. The summed E-state index contributed by atoms with van der Waals surface area (Å²) in [6, 6.07) is 10.6. The largest absolute Gasteiger partial charge is 0.496 e. The molecule has 2 aromatic carbocycles. The third kappa shape index (κ3) is 11.2. The van der Waals surface area contributed by atoms with Crippen LogP contribution in [0.2, 0.25) is 10.2 Å². The lowest BCUT2D eigenvalue weighted by molar-refractivity contribution is 0.0342. The normalized spacial score (nSPS) is 13.6. The van der Waals surface area contributed by atoms with Crippen LogP contribution in [0.4, 0.5) is 5.69 Å². The van der Waals surface area contributed by atoms with Crippen molar-refractivity contribution in [3.8, 4) is 11.3 Å². The number of carbonyl (C=O) groups excluding carboxylic acids is 1. The smallest absolute Gasteiger partial charge is 0.460 e. The Labute approximate surface area is 317 Å². The van der Waals surface area contributed by atoms with Crippen molar-refractivity contribution < 1.29 is 18.5 Å². The van der Waals surface area contributed by atoms with Crippen LogP contribution >= 0.6 is 23.2 Å². The summed E-state index contributed by atoms with van der Waals surface area (Å²) in [6.07, 6.45) is 0.743. The van der Waals surface area contributed by atoms with Crippen molar-refractivity contribution >= 4 is 58.7 Å². The lowest BCUT2D eigenvalue weighted by Gasteiger charge is -2.33. The van der Waals surface area contributed by atoms with Crippen LogP contribution in [0.25, 0.3) is 22.2 Å². The highest BCUT2D eigenvalue weighted by molar-refractivity contribution is 6.66. The average Bonchev–Trinajstić information content (AvgIpc) is 3.13. The van der Waals surface area contributed by atoms with Gasteiger partial charge >= 0.3 is 7.12 Å². The number of aryl methyl sites for hydroxylation is 1. The number of nitrogens with one attached hydrogen (secondary N) is 1. The number of fused-ring (bicyclic) bond motifs is 1. The highest BCUT2D eigenvalue weighted by Crippen LogP contribution is 2.35. The zero-order valence-electron chi connectivity index (χ0n) is 33.4. The first-order valence-corrected chi connectivity index (χ1v) is 19.1. The Hall–Kier alpha value is -3.17. The number of carbonyl (C=O) groups is 1. The minimum atomic E-state index is -0.747. The topological polar surface area (TPSA) is 90.7 Å². The summed E-state index contributed by atoms with van der Waals surface area (Å²) < 4.78 is 18.2. The van der Waals surface area contributed by atoms with Gasteiger partial charge in [-0.15, -0.1) is 0 Å². The van der Waals surface area contributed by atoms with E-state index in [9.17, 15) is 9.59 Å². The van der Waals surface area contributed by atoms with E-state index in [2.05, 4.69) is 10.3 Å². The highest BCUT2D eigenvalue weighted by atomic mass is 35.5. The second kappa shape index (κ2) is 21.4. The molecule has 0 aliphatic carbocycles. The van der Waals surface area contributed by atoms with Crippen molar-refractivity contribution in [2.75, 3.05) is 18.5 Å². The van der Waals surface area contributed by atoms with E-state index in [1.54, 1.807) is 18.2 Å². The second-order valence-corrected chi connectivity index (χ2v) is 13.2. The summed E-state index contributed by atoms with van der Waals surface area (Å²) in [7, 11) is -0.747. The fourth-order valence-corrected chi connectivity index (χ4v) is 5.98. The average molecular weight is 742 g/mol. The van der Waals surface area contributed by atoms with Crippen LogP contribution in [0.15, 0.2) is 45.6 Å². The van der Waals surface area contributed by atoms with Gasteiger partial charge in [-0.05, 0) is 56.7 Å². The van der Waals surface area contributed by atoms with Crippen LogP contribution in [0.5, 0.6) is 0 Å². The molecule has 5 rings (SSSR count). The van der Waals surface area contributed by atoms with Gasteiger partial charge in [0.1, 0.15) is 22.8 Å². The van der Waals surface area contributed by atoms with Crippen molar-refractivity contribution in [3.05, 3.63) is 84.8 Å². The van der Waals surface area contributed by atoms with Crippen molar-refractivity contribution in [2.45, 2.75) is 116 Å². The van der Waals surface area contributed by atoms with Gasteiger partial charge in [0.15, 0.2) is 5.43 Å². The zero-order valence-corrected chi connectivity index (χ0v) is 34.9. The monoisotopic (exact) mass is 740 g/mol. The molecular formula is C41H59BCl2N2O5. The van der Waals surface area contributed by atoms with Crippen LogP contribution in [0, 0.1) is 19.3 Å². The number of pyridine rings is 1. The quantitative estimate of drug-likeness (QED) is 0.115. The Morgan fingerprint density at radius 3 is 2.04 bits per heavy atom. The predicted octanol–water partition coefficient (Wildman–Crippen LogP) is 11.8. The number of hydrogen-bond donors (Lipinski definition) is 1. The Bertz CT molecular complexity index is 1780. The third-order valence-electron chi connectivity index (χ3n) is 7.70. The fraction of sp³-hybridized carbons (Fsp3) is 0.488. The highest BCUT2D eigenvalue weighted by Gasteiger charge is 2.36. The molecule has 1 aliphatic heterocycles. The van der Waals surface area contributed by atoms with Crippen molar-refractivity contribution in [1.29, 1.82) is 0 Å². The summed E-state index contributed by atoms with van der Waals surface area (Å²) >= 11 is 13.1. The Balaban J connectivity index is 0.00000152. The van der Waals surface area contributed by atoms with Crippen molar-refractivity contribution in [1.82, 2.24) is 4.98 Å². The zero-order chi connectivity index (χ0) is 39.2. The Morgan fingerprint density at radius 1 is 0.902 bits per heavy atom. The first-order chi connectivity index (χ1) is 24.3. The van der Waals surface area contributed by atoms with E-state index in [4.69, 9.17) is 36.9 Å². The molecule has 0 radical (unpaired) electrons. The van der Waals surface area contributed by atoms with Gasteiger partial charge in [0.2, 0.25) is 0 Å². The number of benzene rings is 2. The second-order valence-electron chi connectivity index (χ2n) is 12.4. The molecule has 0 amide bonds. The molecule has 0 bridgehead atoms. The Kier molecular flexibility index (Phi) is 19.2. The van der Waals surface area contributed by atoms with Gasteiger partial charge in [-0.1, -0.05) is 112 Å². The first kappa shape index (κ1) is 45.9. The molecule has 1 fully saturated rings. The van der Waals surface area contributed by atoms with Crippen molar-refractivity contribution in [3.63, 3.8) is 0 Å². The van der Waals surface area contributed by atoms with Crippen LogP contribution in [0.1, 0.15) is 135 Å². The standard InChI is InChI=1S/C33H35BCl2N2O5.4C2H6/c1-17(2)31-19(4)30(40)24-11-18(3)10-23(32(24)43-31)20(5)37-26-8-9-27(36)38-29(26)21-12-22(14-39)28(25(35)13-21)34-41-15-33(6,7)16-42-34;4*1-2/h8-14,17,20,37H,15-16H2,1-7H3;4*1-2H3. The van der Waals surface area contributed by atoms with Gasteiger partial charge in [-0.3, -0.25) is 9.59 Å². The maximum Gasteiger partial charge on any atom is 0.496 e. The van der Waals surface area contributed by atoms with E-state index in [1.165, 1.54) is 0 Å². The van der Waals surface area contributed by atoms with Crippen LogP contribution < -0.4 is 16.2 Å². The molecular weight excluding hydrogens is 682 g/mol. The minimum absolute atomic E-state index is 0.0263. The van der Waals surface area contributed by atoms with E-state index in [-0.39, 0.29) is 28.0 Å². The molecule has 1 aliphatic rings. The summed E-state index contributed by atoms with van der Waals surface area (Å²) in [6.45, 7) is 30.8. The van der Waals surface area contributed by atoms with Gasteiger partial charge in [-0.2, -0.15) is 0 Å². The molecule has 7 nitrogen and oxygen atoms in total. The summed E-state index contributed by atoms with van der Waals surface area (Å²) in [5, 5.41) is 4.69. The van der Waals surface area contributed by atoms with E-state index in [0.717, 1.165) is 17.4 Å². The molecule has 280 valence electrons. The number of rotatable bonds is 7. The van der Waals surface area contributed by atoms with Crippen LogP contribution in [-0.4, -0.2) is 31.6 Å². The maximum absolute atomic E-state index is 13.3. The molecule has 1 saturated heterocycles. The number of aromatic nitrogens is 1. The van der Waals surface area contributed by atoms with Crippen LogP contribution in [0.3, 0.4) is 0 Å². The summed E-state index contributed by atoms with van der Waals surface area (Å²) in [5.41, 5.74) is 5.42. The molecule has 3 heterocycles. The molecule has 1 atom stereocenters. The number of halogens is 2. The fourth-order valence-electron chi connectivity index (χ4n) is 5.52. The van der Waals surface area contributed by atoms with E-state index < -0.39 is 7.12 Å². The first-order valence-electron chi connectivity index (χ1n) is 18.3. The van der Waals surface area contributed by atoms with Gasteiger partial charge in [0.25, 0.3) is 0 Å². The van der Waals surface area contributed by atoms with E-state index in [0.29, 0.717) is 68.5 Å². The third-order valence-corrected chi connectivity index (χ3v) is 8.22. The molecule has 2 aromatic heterocycles. The molecule has 1 unspecified atom stereocenters. The molecule has 51 heavy (non-hydrogen) atoms.